The molecule has 1 saturated carbocycles. The largest absolute Gasteiger partial charge is 0.496 e. The average molecular weight is 422 g/mol. The molecule has 2 aliphatic rings. The second-order valence-corrected chi connectivity index (χ2v) is 9.21. The number of carbonyl (C=O) groups excluding carboxylic acids is 1. The number of carbonyl (C=O) groups is 1. The van der Waals surface area contributed by atoms with Gasteiger partial charge >= 0.3 is 0 Å². The molecule has 28 heavy (non-hydrogen) atoms. The van der Waals surface area contributed by atoms with Gasteiger partial charge in [0.2, 0.25) is 0 Å². The predicted octanol–water partition coefficient (Wildman–Crippen LogP) is 5.61. The first-order chi connectivity index (χ1) is 13.3. The minimum Gasteiger partial charge on any atom is -0.496 e. The van der Waals surface area contributed by atoms with Gasteiger partial charge in [0.25, 0.3) is 0 Å². The molecule has 1 N–H and O–H groups in total. The van der Waals surface area contributed by atoms with Crippen LogP contribution in [0.3, 0.4) is 0 Å². The quantitative estimate of drug-likeness (QED) is 0.457. The summed E-state index contributed by atoms with van der Waals surface area (Å²) < 4.78 is 5.34. The highest BCUT2D eigenvalue weighted by Crippen LogP contribution is 2.48. The summed E-state index contributed by atoms with van der Waals surface area (Å²) in [4.78, 5) is 16.2. The van der Waals surface area contributed by atoms with Crippen LogP contribution in [0.25, 0.3) is 0 Å². The lowest BCUT2D eigenvalue weighted by Gasteiger charge is -2.32. The molecule has 0 bridgehead atoms. The van der Waals surface area contributed by atoms with Gasteiger partial charge in [-0.25, -0.2) is 0 Å². The van der Waals surface area contributed by atoms with Crippen LogP contribution in [0.2, 0.25) is 5.02 Å². The van der Waals surface area contributed by atoms with Crippen LogP contribution < -0.4 is 4.74 Å². The van der Waals surface area contributed by atoms with E-state index in [9.17, 15) is 9.90 Å². The summed E-state index contributed by atoms with van der Waals surface area (Å²) in [6, 6.07) is 5.05. The Labute approximate surface area is 176 Å². The normalized spacial score (nSPS) is 21.1. The van der Waals surface area contributed by atoms with Crippen LogP contribution in [0.15, 0.2) is 39.9 Å². The first-order valence-electron chi connectivity index (χ1n) is 9.75. The minimum atomic E-state index is -0.904. The van der Waals surface area contributed by atoms with Crippen molar-refractivity contribution in [3.8, 4) is 5.75 Å². The van der Waals surface area contributed by atoms with E-state index in [2.05, 4.69) is 4.90 Å². The number of ketones is 1. The lowest BCUT2D eigenvalue weighted by atomic mass is 9.85. The number of nitrogens with zero attached hydrogens (tertiary/aromatic N) is 1. The van der Waals surface area contributed by atoms with Crippen molar-refractivity contribution in [1.29, 1.82) is 0 Å². The molecule has 1 aromatic rings. The number of thioether (sulfide) groups is 1. The van der Waals surface area contributed by atoms with E-state index in [0.29, 0.717) is 28.7 Å². The van der Waals surface area contributed by atoms with E-state index < -0.39 is 5.60 Å². The summed E-state index contributed by atoms with van der Waals surface area (Å²) in [6.45, 7) is 6.73. The zero-order valence-electron chi connectivity index (χ0n) is 16.9. The number of halogens is 1. The van der Waals surface area contributed by atoms with Crippen LogP contribution in [0, 0.1) is 5.92 Å². The molecule has 1 heterocycles. The fourth-order valence-electron chi connectivity index (χ4n) is 3.51. The molecule has 0 radical (unpaired) electrons. The molecule has 0 spiro atoms. The van der Waals surface area contributed by atoms with E-state index in [-0.39, 0.29) is 5.78 Å². The predicted molar refractivity (Wildman–Crippen MR) is 116 cm³/mol. The third-order valence-corrected chi connectivity index (χ3v) is 7.45. The van der Waals surface area contributed by atoms with Crippen LogP contribution in [0.4, 0.5) is 0 Å². The van der Waals surface area contributed by atoms with Gasteiger partial charge in [-0.2, -0.15) is 0 Å². The molecule has 6 heteroatoms. The molecule has 1 aliphatic carbocycles. The highest BCUT2D eigenvalue weighted by molar-refractivity contribution is 8.07. The van der Waals surface area contributed by atoms with Gasteiger partial charge in [0.05, 0.1) is 23.3 Å². The van der Waals surface area contributed by atoms with E-state index in [0.717, 1.165) is 22.2 Å². The summed E-state index contributed by atoms with van der Waals surface area (Å²) in [5.41, 5.74) is 0.583. The van der Waals surface area contributed by atoms with Gasteiger partial charge in [0, 0.05) is 28.2 Å². The van der Waals surface area contributed by atoms with E-state index in [1.54, 1.807) is 31.4 Å². The standard InChI is InChI=1S/C22H28ClNO3S/c1-5-22(3,26)21-14(2)24(13-15-7-6-8-15)20(28-21)12-18(25)17-11-16(23)9-10-19(17)27-4/h9-12,15,26H,5-8,13H2,1-4H3/b20-12+. The Morgan fingerprint density at radius 3 is 2.75 bits per heavy atom. The van der Waals surface area contributed by atoms with Gasteiger partial charge in [0.1, 0.15) is 5.75 Å². The lowest BCUT2D eigenvalue weighted by molar-refractivity contribution is 0.101. The number of aliphatic hydroxyl groups is 1. The van der Waals surface area contributed by atoms with E-state index in [4.69, 9.17) is 16.3 Å². The second kappa shape index (κ2) is 8.52. The summed E-state index contributed by atoms with van der Waals surface area (Å²) in [6.07, 6.45) is 5.98. The van der Waals surface area contributed by atoms with Crippen molar-refractivity contribution in [3.05, 3.63) is 50.5 Å². The molecular formula is C22H28ClNO3S. The molecule has 1 atom stereocenters. The number of methoxy groups -OCH3 is 1. The van der Waals surface area contributed by atoms with Crippen LogP contribution in [-0.4, -0.2) is 35.0 Å². The van der Waals surface area contributed by atoms with E-state index in [1.165, 1.54) is 31.0 Å². The van der Waals surface area contributed by atoms with Gasteiger partial charge in [0.15, 0.2) is 5.78 Å². The van der Waals surface area contributed by atoms with E-state index >= 15 is 0 Å². The van der Waals surface area contributed by atoms with Crippen molar-refractivity contribution >= 4 is 29.1 Å². The van der Waals surface area contributed by atoms with Gasteiger partial charge in [-0.1, -0.05) is 36.7 Å². The summed E-state index contributed by atoms with van der Waals surface area (Å²) in [5.74, 6) is 0.997. The molecule has 3 rings (SSSR count). The van der Waals surface area contributed by atoms with Crippen molar-refractivity contribution in [2.45, 2.75) is 52.1 Å². The van der Waals surface area contributed by atoms with Crippen molar-refractivity contribution in [3.63, 3.8) is 0 Å². The summed E-state index contributed by atoms with van der Waals surface area (Å²) in [5, 5.41) is 12.2. The SMILES string of the molecule is CCC(C)(O)C1=C(C)N(CC2CCC2)/C(=C\C(=O)c2cc(Cl)ccc2OC)S1. The highest BCUT2D eigenvalue weighted by atomic mass is 35.5. The number of ether oxygens (including phenoxy) is 1. The van der Waals surface area contributed by atoms with Gasteiger partial charge < -0.3 is 14.7 Å². The van der Waals surface area contributed by atoms with Crippen LogP contribution in [0.5, 0.6) is 5.75 Å². The van der Waals surface area contributed by atoms with Crippen LogP contribution >= 0.6 is 23.4 Å². The Kier molecular flexibility index (Phi) is 6.47. The van der Waals surface area contributed by atoms with Crippen molar-refractivity contribution < 1.29 is 14.6 Å². The Hall–Kier alpha value is -1.43. The lowest BCUT2D eigenvalue weighted by Crippen LogP contribution is -2.30. The van der Waals surface area contributed by atoms with Crippen LogP contribution in [0.1, 0.15) is 56.8 Å². The summed E-state index contributed by atoms with van der Waals surface area (Å²) >= 11 is 7.60. The molecule has 1 fully saturated rings. The van der Waals surface area contributed by atoms with Gasteiger partial charge in [-0.15, -0.1) is 0 Å². The number of rotatable bonds is 7. The Morgan fingerprint density at radius 1 is 1.46 bits per heavy atom. The number of hydrogen-bond donors (Lipinski definition) is 1. The molecule has 0 saturated heterocycles. The first-order valence-corrected chi connectivity index (χ1v) is 10.9. The topological polar surface area (TPSA) is 49.8 Å². The highest BCUT2D eigenvalue weighted by Gasteiger charge is 2.37. The maximum atomic E-state index is 13.0. The zero-order valence-corrected chi connectivity index (χ0v) is 18.5. The first kappa shape index (κ1) is 21.3. The number of allylic oxidation sites excluding steroid dienone is 2. The summed E-state index contributed by atoms with van der Waals surface area (Å²) in [7, 11) is 1.54. The molecule has 1 aliphatic heterocycles. The second-order valence-electron chi connectivity index (χ2n) is 7.74. The Morgan fingerprint density at radius 2 is 2.18 bits per heavy atom. The fraction of sp³-hybridized carbons (Fsp3) is 0.500. The molecule has 1 aromatic carbocycles. The Balaban J connectivity index is 1.94. The molecule has 4 nitrogen and oxygen atoms in total. The van der Waals surface area contributed by atoms with Crippen LogP contribution in [-0.2, 0) is 0 Å². The molecule has 1 unspecified atom stereocenters. The molecule has 0 amide bonds. The molecule has 152 valence electrons. The zero-order chi connectivity index (χ0) is 20.5. The molecular weight excluding hydrogens is 394 g/mol. The third kappa shape index (κ3) is 4.27. The number of hydrogen-bond acceptors (Lipinski definition) is 5. The minimum absolute atomic E-state index is 0.148. The van der Waals surface area contributed by atoms with Crippen molar-refractivity contribution in [1.82, 2.24) is 4.90 Å². The monoisotopic (exact) mass is 421 g/mol. The maximum absolute atomic E-state index is 13.0. The van der Waals surface area contributed by atoms with Crippen molar-refractivity contribution in [2.24, 2.45) is 5.92 Å². The fourth-order valence-corrected chi connectivity index (χ4v) is 5.00. The van der Waals surface area contributed by atoms with Gasteiger partial charge in [-0.3, -0.25) is 4.79 Å². The van der Waals surface area contributed by atoms with Gasteiger partial charge in [-0.05, 0) is 57.2 Å². The average Bonchev–Trinajstić information content (AvgIpc) is 2.94. The number of benzene rings is 1. The van der Waals surface area contributed by atoms with Crippen molar-refractivity contribution in [2.75, 3.05) is 13.7 Å². The third-order valence-electron chi connectivity index (χ3n) is 5.73. The Bertz CT molecular complexity index is 827. The molecule has 0 aromatic heterocycles. The maximum Gasteiger partial charge on any atom is 0.192 e. The smallest absolute Gasteiger partial charge is 0.192 e. The van der Waals surface area contributed by atoms with E-state index in [1.807, 2.05) is 20.8 Å².